The second kappa shape index (κ2) is 7.69. The predicted molar refractivity (Wildman–Crippen MR) is 123 cm³/mol. The van der Waals surface area contributed by atoms with Gasteiger partial charge < -0.3 is 0 Å². The molecule has 0 amide bonds. The quantitative estimate of drug-likeness (QED) is 0.447. The minimum Gasteiger partial charge on any atom is -0.295 e. The van der Waals surface area contributed by atoms with Crippen molar-refractivity contribution in [3.05, 3.63) is 23.8 Å². The summed E-state index contributed by atoms with van der Waals surface area (Å²) in [7, 11) is 0. The molecule has 3 fully saturated rings. The van der Waals surface area contributed by atoms with Gasteiger partial charge in [0.15, 0.2) is 5.78 Å². The minimum absolute atomic E-state index is 0.314. The number of ketones is 1. The van der Waals surface area contributed by atoms with Gasteiger partial charge in [0.2, 0.25) is 0 Å². The number of rotatable bonds is 4. The SMILES string of the molecule is CC(C)[C@@H](C)/C=C/[C@@H](C)[C@H]1CC[C@H]2C3CCC4=CC(=O)CC[C@]4(C)[C@H]3CC[C@]12C. The average Bonchev–Trinajstić information content (AvgIpc) is 3.03. The fourth-order valence-electron chi connectivity index (χ4n) is 8.17. The third kappa shape index (κ3) is 3.49. The highest BCUT2D eigenvalue weighted by Gasteiger charge is 2.59. The number of allylic oxidation sites excluding steroid dienone is 3. The summed E-state index contributed by atoms with van der Waals surface area (Å²) in [6, 6.07) is 0. The highest BCUT2D eigenvalue weighted by atomic mass is 16.1. The fourth-order valence-corrected chi connectivity index (χ4v) is 8.17. The first-order chi connectivity index (χ1) is 13.7. The topological polar surface area (TPSA) is 17.1 Å². The largest absolute Gasteiger partial charge is 0.295 e. The molecule has 1 nitrogen and oxygen atoms in total. The van der Waals surface area contributed by atoms with Crippen LogP contribution in [0, 0.1) is 52.3 Å². The van der Waals surface area contributed by atoms with Gasteiger partial charge in [-0.3, -0.25) is 4.79 Å². The van der Waals surface area contributed by atoms with Crippen LogP contribution in [0.3, 0.4) is 0 Å². The summed E-state index contributed by atoms with van der Waals surface area (Å²) >= 11 is 0. The minimum atomic E-state index is 0.314. The number of carbonyl (C=O) groups is 1. The molecule has 0 bridgehead atoms. The molecule has 1 unspecified atom stereocenters. The molecule has 0 aliphatic heterocycles. The van der Waals surface area contributed by atoms with Crippen molar-refractivity contribution in [2.24, 2.45) is 52.3 Å². The predicted octanol–water partition coefficient (Wildman–Crippen LogP) is 7.62. The molecule has 8 atom stereocenters. The van der Waals surface area contributed by atoms with E-state index in [1.807, 2.05) is 6.08 Å². The van der Waals surface area contributed by atoms with E-state index in [4.69, 9.17) is 0 Å². The molecule has 0 spiro atoms. The Morgan fingerprint density at radius 1 is 0.931 bits per heavy atom. The Labute approximate surface area is 179 Å². The zero-order valence-electron chi connectivity index (χ0n) is 19.8. The van der Waals surface area contributed by atoms with Gasteiger partial charge in [-0.15, -0.1) is 0 Å². The first-order valence-corrected chi connectivity index (χ1v) is 12.6. The third-order valence-electron chi connectivity index (χ3n) is 10.4. The van der Waals surface area contributed by atoms with Gasteiger partial charge >= 0.3 is 0 Å². The lowest BCUT2D eigenvalue weighted by Crippen LogP contribution is -2.50. The molecule has 0 aromatic rings. The molecule has 0 aromatic carbocycles. The van der Waals surface area contributed by atoms with Gasteiger partial charge in [0.25, 0.3) is 0 Å². The number of fused-ring (bicyclic) bond motifs is 5. The molecule has 0 N–H and O–H groups in total. The highest BCUT2D eigenvalue weighted by Crippen LogP contribution is 2.67. The van der Waals surface area contributed by atoms with E-state index in [2.05, 4.69) is 53.7 Å². The lowest BCUT2D eigenvalue weighted by molar-refractivity contribution is -0.117. The van der Waals surface area contributed by atoms with Crippen molar-refractivity contribution in [1.29, 1.82) is 0 Å². The lowest BCUT2D eigenvalue weighted by atomic mass is 9.46. The second-order valence-electron chi connectivity index (χ2n) is 12.0. The van der Waals surface area contributed by atoms with Crippen LogP contribution < -0.4 is 0 Å². The van der Waals surface area contributed by atoms with Crippen molar-refractivity contribution in [3.63, 3.8) is 0 Å². The van der Waals surface area contributed by atoms with E-state index in [9.17, 15) is 4.79 Å². The first-order valence-electron chi connectivity index (χ1n) is 12.6. The molecule has 0 radical (unpaired) electrons. The Balaban J connectivity index is 1.53. The van der Waals surface area contributed by atoms with Crippen LogP contribution in [-0.2, 0) is 4.79 Å². The Morgan fingerprint density at radius 2 is 1.69 bits per heavy atom. The average molecular weight is 397 g/mol. The van der Waals surface area contributed by atoms with Crippen molar-refractivity contribution < 1.29 is 4.79 Å². The van der Waals surface area contributed by atoms with Crippen LogP contribution in [0.15, 0.2) is 23.8 Å². The van der Waals surface area contributed by atoms with Gasteiger partial charge in [0.05, 0.1) is 0 Å². The van der Waals surface area contributed by atoms with E-state index in [1.54, 1.807) is 0 Å². The Bertz CT molecular complexity index is 699. The number of hydrogen-bond acceptors (Lipinski definition) is 1. The summed E-state index contributed by atoms with van der Waals surface area (Å²) in [6.45, 7) is 14.7. The van der Waals surface area contributed by atoms with Crippen LogP contribution in [0.4, 0.5) is 0 Å². The molecule has 3 saturated carbocycles. The van der Waals surface area contributed by atoms with Crippen molar-refractivity contribution in [2.75, 3.05) is 0 Å². The standard InChI is InChI=1S/C28H44O/c1-18(2)19(3)7-8-20(4)24-11-12-25-23-10-9-21-17-22(29)13-15-27(21,5)26(23)14-16-28(24,25)6/h7-8,17-20,23-26H,9-16H2,1-6H3/b8-7+/t19-,20+,23?,24+,25-,26-,27-,28+/m0/s1. The molecule has 162 valence electrons. The molecule has 0 aromatic heterocycles. The molecule has 4 aliphatic rings. The summed E-state index contributed by atoms with van der Waals surface area (Å²) < 4.78 is 0. The molecule has 0 heterocycles. The van der Waals surface area contributed by atoms with Crippen LogP contribution in [0.1, 0.15) is 92.9 Å². The Kier molecular flexibility index (Phi) is 5.67. The molecule has 0 saturated heterocycles. The molecular formula is C28H44O. The van der Waals surface area contributed by atoms with Gasteiger partial charge in [-0.25, -0.2) is 0 Å². The van der Waals surface area contributed by atoms with Gasteiger partial charge in [0, 0.05) is 6.42 Å². The smallest absolute Gasteiger partial charge is 0.155 e. The highest BCUT2D eigenvalue weighted by molar-refractivity contribution is 5.91. The summed E-state index contributed by atoms with van der Waals surface area (Å²) in [4.78, 5) is 12.0. The number of hydrogen-bond donors (Lipinski definition) is 0. The van der Waals surface area contributed by atoms with Crippen LogP contribution >= 0.6 is 0 Å². The van der Waals surface area contributed by atoms with Crippen LogP contribution in [0.5, 0.6) is 0 Å². The Hall–Kier alpha value is -0.850. The third-order valence-corrected chi connectivity index (χ3v) is 10.4. The van der Waals surface area contributed by atoms with Gasteiger partial charge in [-0.05, 0) is 103 Å². The summed E-state index contributed by atoms with van der Waals surface area (Å²) in [6.07, 6.45) is 17.2. The van der Waals surface area contributed by atoms with E-state index >= 15 is 0 Å². The fraction of sp³-hybridized carbons (Fsp3) is 0.821. The normalized spacial score (nSPS) is 44.2. The van der Waals surface area contributed by atoms with Crippen LogP contribution in [0.25, 0.3) is 0 Å². The van der Waals surface area contributed by atoms with Crippen molar-refractivity contribution in [2.45, 2.75) is 92.9 Å². The monoisotopic (exact) mass is 396 g/mol. The zero-order chi connectivity index (χ0) is 21.0. The molecular weight excluding hydrogens is 352 g/mol. The van der Waals surface area contributed by atoms with Crippen LogP contribution in [-0.4, -0.2) is 5.78 Å². The van der Waals surface area contributed by atoms with Crippen molar-refractivity contribution in [3.8, 4) is 0 Å². The molecule has 4 aliphatic carbocycles. The molecule has 29 heavy (non-hydrogen) atoms. The van der Waals surface area contributed by atoms with Gasteiger partial charge in [-0.1, -0.05) is 59.3 Å². The van der Waals surface area contributed by atoms with Gasteiger partial charge in [-0.2, -0.15) is 0 Å². The maximum Gasteiger partial charge on any atom is 0.155 e. The summed E-state index contributed by atoms with van der Waals surface area (Å²) in [5.41, 5.74) is 2.34. The first kappa shape index (κ1) is 21.4. The van der Waals surface area contributed by atoms with E-state index in [0.717, 1.165) is 42.4 Å². The second-order valence-corrected chi connectivity index (χ2v) is 12.0. The van der Waals surface area contributed by atoms with E-state index in [1.165, 1.54) is 44.1 Å². The van der Waals surface area contributed by atoms with Crippen molar-refractivity contribution in [1.82, 2.24) is 0 Å². The number of carbonyl (C=O) groups excluding carboxylic acids is 1. The maximum absolute atomic E-state index is 12.0. The molecule has 1 heteroatoms. The Morgan fingerprint density at radius 3 is 2.41 bits per heavy atom. The van der Waals surface area contributed by atoms with Crippen molar-refractivity contribution >= 4 is 5.78 Å². The maximum atomic E-state index is 12.0. The van der Waals surface area contributed by atoms with E-state index in [-0.39, 0.29) is 0 Å². The summed E-state index contributed by atoms with van der Waals surface area (Å²) in [5.74, 6) is 5.95. The van der Waals surface area contributed by atoms with E-state index < -0.39 is 0 Å². The summed E-state index contributed by atoms with van der Waals surface area (Å²) in [5, 5.41) is 0. The lowest BCUT2D eigenvalue weighted by Gasteiger charge is -2.58. The van der Waals surface area contributed by atoms with E-state index in [0.29, 0.717) is 28.4 Å². The molecule has 4 rings (SSSR count). The van der Waals surface area contributed by atoms with Gasteiger partial charge in [0.1, 0.15) is 0 Å². The zero-order valence-corrected chi connectivity index (χ0v) is 19.8. The van der Waals surface area contributed by atoms with Crippen LogP contribution in [0.2, 0.25) is 0 Å².